The summed E-state index contributed by atoms with van der Waals surface area (Å²) < 4.78 is 10.9. The highest BCUT2D eigenvalue weighted by Gasteiger charge is 2.18. The third kappa shape index (κ3) is 23.1. The maximum absolute atomic E-state index is 12.3. The molecular formula is C30H59NO6S. The van der Waals surface area contributed by atoms with Crippen LogP contribution >= 0.6 is 11.8 Å². The van der Waals surface area contributed by atoms with Crippen LogP contribution in [0.5, 0.6) is 0 Å². The van der Waals surface area contributed by atoms with Crippen molar-refractivity contribution in [3.63, 3.8) is 0 Å². The molecule has 0 spiro atoms. The Hall–Kier alpha value is -0.830. The fourth-order valence-corrected chi connectivity index (χ4v) is 5.10. The summed E-state index contributed by atoms with van der Waals surface area (Å²) in [5.74, 6) is 0.0815. The first kappa shape index (κ1) is 37.2. The average Bonchev–Trinajstić information content (AvgIpc) is 2.88. The summed E-state index contributed by atoms with van der Waals surface area (Å²) in [5, 5.41) is 19.4. The predicted molar refractivity (Wildman–Crippen MR) is 159 cm³/mol. The van der Waals surface area contributed by atoms with E-state index in [2.05, 4.69) is 13.8 Å². The minimum atomic E-state index is -0.406. The Morgan fingerprint density at radius 1 is 0.842 bits per heavy atom. The third-order valence-electron chi connectivity index (χ3n) is 6.62. The number of rotatable bonds is 27. The molecule has 0 heterocycles. The van der Waals surface area contributed by atoms with Gasteiger partial charge in [0.2, 0.25) is 0 Å². The van der Waals surface area contributed by atoms with Gasteiger partial charge in [-0.25, -0.2) is 0 Å². The molecule has 3 atom stereocenters. The van der Waals surface area contributed by atoms with Crippen LogP contribution in [0.2, 0.25) is 0 Å². The molecule has 0 aliphatic carbocycles. The lowest BCUT2D eigenvalue weighted by Crippen LogP contribution is -2.35. The van der Waals surface area contributed by atoms with Gasteiger partial charge in [0.15, 0.2) is 0 Å². The largest absolute Gasteiger partial charge is 0.465 e. The highest BCUT2D eigenvalue weighted by atomic mass is 32.2. The maximum Gasteiger partial charge on any atom is 0.318 e. The summed E-state index contributed by atoms with van der Waals surface area (Å²) in [7, 11) is 0. The van der Waals surface area contributed by atoms with Gasteiger partial charge in [-0.1, -0.05) is 84.5 Å². The quantitative estimate of drug-likeness (QED) is 0.0913. The maximum atomic E-state index is 12.3. The van der Waals surface area contributed by atoms with E-state index in [4.69, 9.17) is 9.47 Å². The fourth-order valence-electron chi connectivity index (χ4n) is 4.27. The molecule has 0 amide bonds. The van der Waals surface area contributed by atoms with E-state index in [-0.39, 0.29) is 29.9 Å². The molecule has 7 nitrogen and oxygen atoms in total. The van der Waals surface area contributed by atoms with E-state index in [1.165, 1.54) is 63.1 Å². The molecule has 38 heavy (non-hydrogen) atoms. The summed E-state index contributed by atoms with van der Waals surface area (Å²) in [6.45, 7) is 10.2. The molecule has 226 valence electrons. The number of thioether (sulfide) groups is 1. The first-order valence-corrected chi connectivity index (χ1v) is 16.4. The Bertz CT molecular complexity index is 565. The number of hydrogen-bond donors (Lipinski definition) is 2. The van der Waals surface area contributed by atoms with Crippen molar-refractivity contribution in [2.75, 3.05) is 38.6 Å². The Morgan fingerprint density at radius 3 is 2.08 bits per heavy atom. The van der Waals surface area contributed by atoms with Gasteiger partial charge >= 0.3 is 11.9 Å². The van der Waals surface area contributed by atoms with Crippen molar-refractivity contribution in [2.45, 2.75) is 141 Å². The van der Waals surface area contributed by atoms with E-state index in [9.17, 15) is 19.8 Å². The van der Waals surface area contributed by atoms with Crippen LogP contribution < -0.4 is 0 Å². The van der Waals surface area contributed by atoms with Crippen LogP contribution in [0.3, 0.4) is 0 Å². The minimum absolute atomic E-state index is 0.0298. The van der Waals surface area contributed by atoms with Crippen molar-refractivity contribution in [3.05, 3.63) is 0 Å². The molecule has 8 heteroatoms. The van der Waals surface area contributed by atoms with Crippen LogP contribution in [0.1, 0.15) is 124 Å². The van der Waals surface area contributed by atoms with Crippen LogP contribution in [-0.2, 0) is 19.1 Å². The van der Waals surface area contributed by atoms with Gasteiger partial charge in [-0.05, 0) is 39.7 Å². The highest BCUT2D eigenvalue weighted by Crippen LogP contribution is 2.16. The van der Waals surface area contributed by atoms with Gasteiger partial charge in [-0.15, -0.1) is 11.8 Å². The van der Waals surface area contributed by atoms with Gasteiger partial charge in [0.05, 0.1) is 24.6 Å². The van der Waals surface area contributed by atoms with E-state index >= 15 is 0 Å². The second kappa shape index (κ2) is 26.4. The molecule has 0 aliphatic rings. The molecule has 0 bridgehead atoms. The molecule has 0 aliphatic heterocycles. The van der Waals surface area contributed by atoms with Crippen molar-refractivity contribution in [2.24, 2.45) is 0 Å². The number of hydrogen-bond acceptors (Lipinski definition) is 8. The number of carbonyl (C=O) groups excluding carboxylic acids is 2. The van der Waals surface area contributed by atoms with Gasteiger partial charge in [0, 0.05) is 25.3 Å². The zero-order valence-electron chi connectivity index (χ0n) is 25.0. The number of nitrogens with zero attached hydrogens (tertiary/aromatic N) is 1. The summed E-state index contributed by atoms with van der Waals surface area (Å²) in [6.07, 6.45) is 15.1. The Morgan fingerprint density at radius 2 is 1.45 bits per heavy atom. The predicted octanol–water partition coefficient (Wildman–Crippen LogP) is 6.13. The second-order valence-electron chi connectivity index (χ2n) is 10.5. The van der Waals surface area contributed by atoms with Gasteiger partial charge in [0.25, 0.3) is 0 Å². The van der Waals surface area contributed by atoms with Crippen LogP contribution in [-0.4, -0.2) is 83.1 Å². The van der Waals surface area contributed by atoms with Crippen LogP contribution in [0, 0.1) is 0 Å². The zero-order chi connectivity index (χ0) is 28.4. The van der Waals surface area contributed by atoms with E-state index in [1.807, 2.05) is 18.7 Å². The number of esters is 2. The minimum Gasteiger partial charge on any atom is -0.465 e. The molecule has 0 saturated heterocycles. The first-order chi connectivity index (χ1) is 18.3. The number of unbranched alkanes of at least 4 members (excludes halogenated alkanes) is 10. The first-order valence-electron chi connectivity index (χ1n) is 15.3. The Balaban J connectivity index is 4.01. The second-order valence-corrected chi connectivity index (χ2v) is 11.9. The highest BCUT2D eigenvalue weighted by molar-refractivity contribution is 8.00. The SMILES string of the molecule is CCCCCCCCOC(=O)C(C)SCC(C)OC(=O)CCCN(CCO)CC(O)CCCCCCCC. The Labute approximate surface area is 237 Å². The molecule has 0 aromatic carbocycles. The van der Waals surface area contributed by atoms with Crippen LogP contribution in [0.25, 0.3) is 0 Å². The van der Waals surface area contributed by atoms with Gasteiger partial charge in [0.1, 0.15) is 6.10 Å². The third-order valence-corrected chi connectivity index (χ3v) is 7.97. The van der Waals surface area contributed by atoms with Gasteiger partial charge < -0.3 is 19.7 Å². The molecule has 0 fully saturated rings. The van der Waals surface area contributed by atoms with Gasteiger partial charge in [-0.3, -0.25) is 14.5 Å². The number of ether oxygens (including phenoxy) is 2. The normalized spacial score (nSPS) is 13.9. The van der Waals surface area contributed by atoms with Crippen molar-refractivity contribution < 1.29 is 29.3 Å². The smallest absolute Gasteiger partial charge is 0.318 e. The molecule has 3 unspecified atom stereocenters. The molecule has 0 saturated carbocycles. The Kier molecular flexibility index (Phi) is 25.8. The molecule has 0 rings (SSSR count). The summed E-state index contributed by atoms with van der Waals surface area (Å²) in [5.41, 5.74) is 0. The lowest BCUT2D eigenvalue weighted by atomic mass is 10.1. The standard InChI is InChI=1S/C30H59NO6S/c1-5-7-9-11-13-15-18-28(33)24-31(21-22-32)20-17-19-29(34)37-26(3)25-38-27(4)30(35)36-23-16-14-12-10-8-6-2/h26-28,32-33H,5-25H2,1-4H3. The molecule has 0 aromatic heterocycles. The molecule has 0 aromatic rings. The lowest BCUT2D eigenvalue weighted by Gasteiger charge is -2.24. The summed E-state index contributed by atoms with van der Waals surface area (Å²) >= 11 is 1.45. The van der Waals surface area contributed by atoms with E-state index in [1.54, 1.807) is 0 Å². The summed E-state index contributed by atoms with van der Waals surface area (Å²) in [6, 6.07) is 0. The van der Waals surface area contributed by atoms with Crippen molar-refractivity contribution in [1.82, 2.24) is 4.90 Å². The molecule has 2 N–H and O–H groups in total. The fraction of sp³-hybridized carbons (Fsp3) is 0.933. The zero-order valence-corrected chi connectivity index (χ0v) is 25.8. The summed E-state index contributed by atoms with van der Waals surface area (Å²) in [4.78, 5) is 26.5. The molecular weight excluding hydrogens is 502 g/mol. The van der Waals surface area contributed by atoms with Crippen molar-refractivity contribution in [3.8, 4) is 0 Å². The van der Waals surface area contributed by atoms with E-state index in [0.29, 0.717) is 44.8 Å². The number of aliphatic hydroxyl groups excluding tert-OH is 2. The average molecular weight is 562 g/mol. The van der Waals surface area contributed by atoms with Gasteiger partial charge in [-0.2, -0.15) is 0 Å². The van der Waals surface area contributed by atoms with E-state index in [0.717, 1.165) is 32.1 Å². The van der Waals surface area contributed by atoms with Crippen LogP contribution in [0.4, 0.5) is 0 Å². The molecule has 0 radical (unpaired) electrons. The van der Waals surface area contributed by atoms with Crippen LogP contribution in [0.15, 0.2) is 0 Å². The number of carbonyl (C=O) groups is 2. The lowest BCUT2D eigenvalue weighted by molar-refractivity contribution is -0.147. The van der Waals surface area contributed by atoms with Crippen molar-refractivity contribution >= 4 is 23.7 Å². The monoisotopic (exact) mass is 561 g/mol. The number of aliphatic hydroxyl groups is 2. The van der Waals surface area contributed by atoms with E-state index < -0.39 is 6.10 Å². The van der Waals surface area contributed by atoms with Crippen molar-refractivity contribution in [1.29, 1.82) is 0 Å². The topological polar surface area (TPSA) is 96.3 Å².